The number of fused-ring (bicyclic) bond motifs is 1. The fourth-order valence-electron chi connectivity index (χ4n) is 4.20. The van der Waals surface area contributed by atoms with Crippen LogP contribution in [-0.2, 0) is 7.05 Å². The third-order valence-corrected chi connectivity index (χ3v) is 5.94. The van der Waals surface area contributed by atoms with Crippen LogP contribution < -0.4 is 16.2 Å². The summed E-state index contributed by atoms with van der Waals surface area (Å²) < 4.78 is 42.4. The number of rotatable bonds is 5. The van der Waals surface area contributed by atoms with E-state index in [0.717, 1.165) is 37.7 Å². The lowest BCUT2D eigenvalue weighted by Gasteiger charge is -2.25. The van der Waals surface area contributed by atoms with E-state index in [0.29, 0.717) is 11.2 Å². The second kappa shape index (κ2) is 8.66. The second-order valence-electron chi connectivity index (χ2n) is 7.86. The highest BCUT2D eigenvalue weighted by Crippen LogP contribution is 2.31. The smallest absolute Gasteiger partial charge is 0.277 e. The number of nitrogens with zero attached hydrogens (tertiary/aromatic N) is 3. The predicted octanol–water partition coefficient (Wildman–Crippen LogP) is 4.05. The van der Waals surface area contributed by atoms with Crippen LogP contribution in [0.2, 0.25) is 0 Å². The summed E-state index contributed by atoms with van der Waals surface area (Å²) in [5, 5.41) is 6.94. The van der Waals surface area contributed by atoms with E-state index in [1.165, 1.54) is 18.5 Å². The molecule has 1 fully saturated rings. The average Bonchev–Trinajstić information content (AvgIpc) is 2.77. The summed E-state index contributed by atoms with van der Waals surface area (Å²) in [7, 11) is 1.74. The molecule has 0 bridgehead atoms. The van der Waals surface area contributed by atoms with Crippen molar-refractivity contribution in [3.8, 4) is 0 Å². The van der Waals surface area contributed by atoms with Crippen LogP contribution >= 0.6 is 0 Å². The molecular formula is C22H24F3N5O. The van der Waals surface area contributed by atoms with Gasteiger partial charge in [0.05, 0.1) is 17.0 Å². The van der Waals surface area contributed by atoms with E-state index < -0.39 is 23.8 Å². The highest BCUT2D eigenvalue weighted by molar-refractivity contribution is 5.88. The van der Waals surface area contributed by atoms with E-state index in [4.69, 9.17) is 0 Å². The first-order valence-corrected chi connectivity index (χ1v) is 10.3. The van der Waals surface area contributed by atoms with Gasteiger partial charge in [0.25, 0.3) is 12.0 Å². The zero-order valence-electron chi connectivity index (χ0n) is 17.3. The van der Waals surface area contributed by atoms with Gasteiger partial charge in [0.1, 0.15) is 23.5 Å². The Bertz CT molecular complexity index is 1160. The van der Waals surface area contributed by atoms with Crippen LogP contribution in [0.15, 0.2) is 35.4 Å². The predicted molar refractivity (Wildman–Crippen MR) is 113 cm³/mol. The van der Waals surface area contributed by atoms with Gasteiger partial charge in [-0.2, -0.15) is 0 Å². The number of pyridine rings is 1. The average molecular weight is 431 g/mol. The Morgan fingerprint density at radius 1 is 1.19 bits per heavy atom. The fraction of sp³-hybridized carbons (Fsp3) is 0.409. The number of nitrogens with one attached hydrogen (secondary N) is 2. The minimum atomic E-state index is -2.90. The normalized spacial score (nSPS) is 16.1. The fourth-order valence-corrected chi connectivity index (χ4v) is 4.20. The van der Waals surface area contributed by atoms with Crippen molar-refractivity contribution in [1.29, 1.82) is 0 Å². The molecule has 6 nitrogen and oxygen atoms in total. The van der Waals surface area contributed by atoms with Crippen molar-refractivity contribution in [2.75, 3.05) is 18.4 Å². The standard InChI is InChI=1S/C22H24F3N5O/c1-12(14-4-3-5-15(18(14)23)20(24)25)29-21-16-10-17(13-6-8-26-9-7-13)30(2)22(31)19(16)27-11-28-21/h3-5,10-13,20,26H,6-9H2,1-2H3,(H,27,28,29)/t12-/m1/s1. The van der Waals surface area contributed by atoms with Crippen molar-refractivity contribution >= 4 is 16.7 Å². The molecule has 1 aromatic carbocycles. The van der Waals surface area contributed by atoms with Crippen molar-refractivity contribution in [2.24, 2.45) is 7.05 Å². The van der Waals surface area contributed by atoms with Crippen LogP contribution in [0.4, 0.5) is 19.0 Å². The molecule has 164 valence electrons. The molecule has 31 heavy (non-hydrogen) atoms. The number of piperidine rings is 1. The molecule has 0 aliphatic carbocycles. The van der Waals surface area contributed by atoms with Gasteiger partial charge in [-0.1, -0.05) is 18.2 Å². The topological polar surface area (TPSA) is 71.8 Å². The zero-order chi connectivity index (χ0) is 22.1. The molecule has 0 amide bonds. The summed E-state index contributed by atoms with van der Waals surface area (Å²) in [4.78, 5) is 21.4. The largest absolute Gasteiger partial charge is 0.363 e. The van der Waals surface area contributed by atoms with Gasteiger partial charge in [-0.25, -0.2) is 23.1 Å². The Morgan fingerprint density at radius 3 is 2.61 bits per heavy atom. The van der Waals surface area contributed by atoms with E-state index in [1.807, 2.05) is 6.07 Å². The molecule has 3 aromatic rings. The molecule has 0 saturated carbocycles. The molecule has 0 spiro atoms. The van der Waals surface area contributed by atoms with Crippen molar-refractivity contribution in [3.05, 3.63) is 63.6 Å². The molecule has 4 rings (SSSR count). The number of alkyl halides is 2. The van der Waals surface area contributed by atoms with E-state index in [1.54, 1.807) is 18.5 Å². The van der Waals surface area contributed by atoms with Gasteiger partial charge >= 0.3 is 0 Å². The molecule has 1 aliphatic rings. The van der Waals surface area contributed by atoms with Gasteiger partial charge < -0.3 is 15.2 Å². The summed E-state index contributed by atoms with van der Waals surface area (Å²) in [5.41, 5.74) is 0.393. The Kier molecular flexibility index (Phi) is 5.95. The molecular weight excluding hydrogens is 407 g/mol. The third kappa shape index (κ3) is 4.01. The minimum Gasteiger partial charge on any atom is -0.363 e. The molecule has 3 heterocycles. The Hall–Kier alpha value is -2.94. The Labute approximate surface area is 177 Å². The number of aromatic nitrogens is 3. The highest BCUT2D eigenvalue weighted by atomic mass is 19.3. The van der Waals surface area contributed by atoms with Gasteiger partial charge in [-0.15, -0.1) is 0 Å². The molecule has 2 N–H and O–H groups in total. The highest BCUT2D eigenvalue weighted by Gasteiger charge is 2.23. The first-order chi connectivity index (χ1) is 14.9. The van der Waals surface area contributed by atoms with Crippen LogP contribution in [0.1, 0.15) is 55.0 Å². The van der Waals surface area contributed by atoms with Crippen molar-refractivity contribution in [3.63, 3.8) is 0 Å². The lowest BCUT2D eigenvalue weighted by molar-refractivity contribution is 0.146. The maximum Gasteiger partial charge on any atom is 0.277 e. The third-order valence-electron chi connectivity index (χ3n) is 5.94. The summed E-state index contributed by atoms with van der Waals surface area (Å²) in [6.45, 7) is 3.42. The van der Waals surface area contributed by atoms with E-state index in [-0.39, 0.29) is 22.6 Å². The number of hydrogen-bond acceptors (Lipinski definition) is 5. The van der Waals surface area contributed by atoms with Crippen molar-refractivity contribution in [1.82, 2.24) is 19.9 Å². The van der Waals surface area contributed by atoms with Crippen LogP contribution in [-0.4, -0.2) is 27.6 Å². The molecule has 0 unspecified atom stereocenters. The van der Waals surface area contributed by atoms with Gasteiger partial charge in [0.2, 0.25) is 0 Å². The summed E-state index contributed by atoms with van der Waals surface area (Å²) in [5.74, 6) is -0.344. The van der Waals surface area contributed by atoms with Gasteiger partial charge in [0, 0.05) is 24.2 Å². The minimum absolute atomic E-state index is 0.104. The monoisotopic (exact) mass is 431 g/mol. The van der Waals surface area contributed by atoms with Crippen LogP contribution in [0.25, 0.3) is 10.9 Å². The van der Waals surface area contributed by atoms with Gasteiger partial charge in [-0.3, -0.25) is 4.79 Å². The number of hydrogen-bond donors (Lipinski definition) is 2. The van der Waals surface area contributed by atoms with Gasteiger partial charge in [-0.05, 0) is 38.9 Å². The quantitative estimate of drug-likeness (QED) is 0.638. The Balaban J connectivity index is 1.75. The van der Waals surface area contributed by atoms with E-state index in [2.05, 4.69) is 20.6 Å². The summed E-state index contributed by atoms with van der Waals surface area (Å²) in [6.07, 6.45) is 0.200. The second-order valence-corrected chi connectivity index (χ2v) is 7.86. The van der Waals surface area contributed by atoms with Crippen LogP contribution in [0.3, 0.4) is 0 Å². The lowest BCUT2D eigenvalue weighted by Crippen LogP contribution is -2.30. The van der Waals surface area contributed by atoms with Crippen molar-refractivity contribution in [2.45, 2.75) is 38.2 Å². The Morgan fingerprint density at radius 2 is 1.90 bits per heavy atom. The van der Waals surface area contributed by atoms with Crippen molar-refractivity contribution < 1.29 is 13.2 Å². The molecule has 1 atom stereocenters. The summed E-state index contributed by atoms with van der Waals surface area (Å²) in [6, 6.07) is 5.20. The van der Waals surface area contributed by atoms with Crippen LogP contribution in [0.5, 0.6) is 0 Å². The molecule has 1 saturated heterocycles. The first-order valence-electron chi connectivity index (χ1n) is 10.3. The number of halogens is 3. The maximum absolute atomic E-state index is 14.6. The molecule has 0 radical (unpaired) electrons. The molecule has 9 heteroatoms. The summed E-state index contributed by atoms with van der Waals surface area (Å²) >= 11 is 0. The van der Waals surface area contributed by atoms with E-state index in [9.17, 15) is 18.0 Å². The number of anilines is 1. The molecule has 2 aromatic heterocycles. The van der Waals surface area contributed by atoms with Gasteiger partial charge in [0.15, 0.2) is 0 Å². The SMILES string of the molecule is C[C@@H](Nc1ncnc2c(=O)n(C)c(C3CCNCC3)cc12)c1cccc(C(F)F)c1F. The maximum atomic E-state index is 14.6. The number of benzene rings is 1. The lowest BCUT2D eigenvalue weighted by atomic mass is 9.93. The molecule has 1 aliphatic heterocycles. The van der Waals surface area contributed by atoms with Crippen LogP contribution in [0, 0.1) is 5.82 Å². The first kappa shape index (κ1) is 21.3. The van der Waals surface area contributed by atoms with E-state index >= 15 is 0 Å². The zero-order valence-corrected chi connectivity index (χ0v) is 17.3.